The molecular formula is C25H32O4. The first-order chi connectivity index (χ1) is 13.8. The second-order valence-electron chi connectivity index (χ2n) is 8.33. The van der Waals surface area contributed by atoms with Crippen molar-refractivity contribution in [1.82, 2.24) is 0 Å². The zero-order chi connectivity index (χ0) is 21.9. The van der Waals surface area contributed by atoms with Crippen LogP contribution in [0.15, 0.2) is 62.0 Å². The SMILES string of the molecule is C=CCC[C@]1(C)[C@@H](CC=C)C[C@]2(CC=C)C(=O)C(CC=C)=C(OC)[C@@]1(C=O)C2=O. The number of ether oxygens (including phenoxy) is 1. The Labute approximate surface area is 174 Å². The van der Waals surface area contributed by atoms with Crippen molar-refractivity contribution in [2.24, 2.45) is 22.2 Å². The molecule has 1 saturated carbocycles. The number of ketones is 2. The predicted octanol–water partition coefficient (Wildman–Crippen LogP) is 4.93. The van der Waals surface area contributed by atoms with Gasteiger partial charge in [0.1, 0.15) is 17.5 Å². The maximum absolute atomic E-state index is 14.0. The van der Waals surface area contributed by atoms with Crippen LogP contribution in [-0.2, 0) is 19.1 Å². The van der Waals surface area contributed by atoms with E-state index in [4.69, 9.17) is 4.74 Å². The van der Waals surface area contributed by atoms with E-state index in [-0.39, 0.29) is 36.1 Å². The third-order valence-corrected chi connectivity index (χ3v) is 7.07. The van der Waals surface area contributed by atoms with Crippen LogP contribution in [0.2, 0.25) is 0 Å². The lowest BCUT2D eigenvalue weighted by molar-refractivity contribution is -0.173. The van der Waals surface area contributed by atoms with Gasteiger partial charge in [0.15, 0.2) is 11.6 Å². The monoisotopic (exact) mass is 396 g/mol. The highest BCUT2D eigenvalue weighted by Crippen LogP contribution is 2.66. The lowest BCUT2D eigenvalue weighted by Crippen LogP contribution is -2.67. The summed E-state index contributed by atoms with van der Waals surface area (Å²) in [4.78, 5) is 40.5. The van der Waals surface area contributed by atoms with Gasteiger partial charge in [-0.2, -0.15) is 0 Å². The topological polar surface area (TPSA) is 60.4 Å². The average Bonchev–Trinajstić information content (AvgIpc) is 2.71. The smallest absolute Gasteiger partial charge is 0.176 e. The van der Waals surface area contributed by atoms with Crippen LogP contribution in [0.25, 0.3) is 0 Å². The molecule has 2 bridgehead atoms. The van der Waals surface area contributed by atoms with Crippen LogP contribution in [0.1, 0.15) is 45.4 Å². The van der Waals surface area contributed by atoms with Gasteiger partial charge in [0.2, 0.25) is 0 Å². The number of carbonyl (C=O) groups is 3. The van der Waals surface area contributed by atoms with Crippen LogP contribution in [-0.4, -0.2) is 25.0 Å². The standard InChI is InChI=1S/C25H32O4/c1-7-11-15-23(5)18(12-8-2)16-24(14-10-4)20(27)19(13-9-3)21(29-6)25(23,17-26)22(24)28/h7-10,17-18H,1-4,11-16H2,5-6H3/t18-,23+,24+,25-/m0/s1. The summed E-state index contributed by atoms with van der Waals surface area (Å²) in [5, 5.41) is 0. The summed E-state index contributed by atoms with van der Waals surface area (Å²) < 4.78 is 5.68. The van der Waals surface area contributed by atoms with Gasteiger partial charge in [-0.15, -0.1) is 26.3 Å². The lowest BCUT2D eigenvalue weighted by atomic mass is 9.40. The van der Waals surface area contributed by atoms with E-state index in [0.717, 1.165) is 6.29 Å². The minimum Gasteiger partial charge on any atom is -0.499 e. The first-order valence-electron chi connectivity index (χ1n) is 10.1. The molecule has 0 saturated heterocycles. The zero-order valence-corrected chi connectivity index (χ0v) is 17.7. The van der Waals surface area contributed by atoms with E-state index in [1.54, 1.807) is 24.3 Å². The number of hydrogen-bond donors (Lipinski definition) is 0. The maximum atomic E-state index is 14.0. The Bertz CT molecular complexity index is 789. The van der Waals surface area contributed by atoms with E-state index in [0.29, 0.717) is 31.3 Å². The summed E-state index contributed by atoms with van der Waals surface area (Å²) in [5.74, 6) is -0.539. The molecule has 0 aliphatic heterocycles. The van der Waals surface area contributed by atoms with Crippen LogP contribution in [0, 0.1) is 22.2 Å². The molecule has 2 aliphatic carbocycles. The first kappa shape index (κ1) is 22.8. The van der Waals surface area contributed by atoms with Gasteiger partial charge in [-0.3, -0.25) is 9.59 Å². The number of aldehydes is 1. The molecule has 4 atom stereocenters. The maximum Gasteiger partial charge on any atom is 0.176 e. The highest BCUT2D eigenvalue weighted by atomic mass is 16.5. The Kier molecular flexibility index (Phi) is 6.67. The summed E-state index contributed by atoms with van der Waals surface area (Å²) in [5.41, 5.74) is -3.20. The number of methoxy groups -OCH3 is 1. The van der Waals surface area contributed by atoms with Crippen molar-refractivity contribution in [2.45, 2.75) is 45.4 Å². The number of carbonyl (C=O) groups excluding carboxylic acids is 3. The van der Waals surface area contributed by atoms with Gasteiger partial charge in [0.05, 0.1) is 12.5 Å². The highest BCUT2D eigenvalue weighted by Gasteiger charge is 2.73. The van der Waals surface area contributed by atoms with E-state index in [1.807, 2.05) is 6.92 Å². The molecule has 0 spiro atoms. The number of rotatable bonds is 11. The van der Waals surface area contributed by atoms with Crippen molar-refractivity contribution in [3.05, 3.63) is 62.0 Å². The van der Waals surface area contributed by atoms with Crippen molar-refractivity contribution in [1.29, 1.82) is 0 Å². The minimum atomic E-state index is -1.54. The van der Waals surface area contributed by atoms with Crippen molar-refractivity contribution in [2.75, 3.05) is 7.11 Å². The Morgan fingerprint density at radius 2 is 1.79 bits per heavy atom. The van der Waals surface area contributed by atoms with Gasteiger partial charge in [0, 0.05) is 5.57 Å². The van der Waals surface area contributed by atoms with Crippen molar-refractivity contribution < 1.29 is 19.1 Å². The van der Waals surface area contributed by atoms with E-state index in [9.17, 15) is 14.4 Å². The van der Waals surface area contributed by atoms with Crippen LogP contribution < -0.4 is 0 Å². The van der Waals surface area contributed by atoms with Crippen molar-refractivity contribution in [3.63, 3.8) is 0 Å². The molecule has 0 N–H and O–H groups in total. The molecule has 0 amide bonds. The summed E-state index contributed by atoms with van der Waals surface area (Å²) in [6, 6.07) is 0. The molecule has 4 nitrogen and oxygen atoms in total. The molecule has 2 aliphatic rings. The van der Waals surface area contributed by atoms with Crippen LogP contribution in [0.5, 0.6) is 0 Å². The van der Waals surface area contributed by atoms with Gasteiger partial charge in [-0.05, 0) is 49.9 Å². The average molecular weight is 397 g/mol. The first-order valence-corrected chi connectivity index (χ1v) is 10.1. The predicted molar refractivity (Wildman–Crippen MR) is 115 cm³/mol. The highest BCUT2D eigenvalue weighted by molar-refractivity contribution is 6.24. The Morgan fingerprint density at radius 1 is 1.10 bits per heavy atom. The van der Waals surface area contributed by atoms with Gasteiger partial charge in [-0.25, -0.2) is 0 Å². The Hall–Kier alpha value is -2.49. The van der Waals surface area contributed by atoms with Gasteiger partial charge >= 0.3 is 0 Å². The second-order valence-corrected chi connectivity index (χ2v) is 8.33. The number of fused-ring (bicyclic) bond motifs is 2. The van der Waals surface area contributed by atoms with Gasteiger partial charge in [0.25, 0.3) is 0 Å². The summed E-state index contributed by atoms with van der Waals surface area (Å²) in [6.07, 6.45) is 10.1. The van der Waals surface area contributed by atoms with E-state index >= 15 is 0 Å². The molecule has 0 aromatic rings. The molecule has 29 heavy (non-hydrogen) atoms. The largest absolute Gasteiger partial charge is 0.499 e. The molecule has 0 heterocycles. The number of hydrogen-bond acceptors (Lipinski definition) is 4. The van der Waals surface area contributed by atoms with E-state index in [2.05, 4.69) is 26.3 Å². The molecule has 4 heteroatoms. The molecule has 156 valence electrons. The number of Topliss-reactive ketones (excluding diaryl/α,β-unsaturated/α-hetero) is 2. The zero-order valence-electron chi connectivity index (χ0n) is 17.7. The van der Waals surface area contributed by atoms with E-state index in [1.165, 1.54) is 7.11 Å². The normalized spacial score (nSPS) is 33.8. The Balaban J connectivity index is 2.99. The van der Waals surface area contributed by atoms with Crippen molar-refractivity contribution >= 4 is 17.9 Å². The lowest BCUT2D eigenvalue weighted by Gasteiger charge is -2.60. The third-order valence-electron chi connectivity index (χ3n) is 7.07. The molecule has 0 unspecified atom stereocenters. The molecule has 1 fully saturated rings. The van der Waals surface area contributed by atoms with E-state index < -0.39 is 16.2 Å². The molecular weight excluding hydrogens is 364 g/mol. The van der Waals surface area contributed by atoms with Crippen LogP contribution in [0.4, 0.5) is 0 Å². The van der Waals surface area contributed by atoms with Gasteiger partial charge < -0.3 is 9.53 Å². The second kappa shape index (κ2) is 8.48. The molecule has 0 aromatic heterocycles. The third kappa shape index (κ3) is 2.92. The fourth-order valence-electron chi connectivity index (χ4n) is 5.60. The summed E-state index contributed by atoms with van der Waals surface area (Å²) >= 11 is 0. The Morgan fingerprint density at radius 3 is 2.28 bits per heavy atom. The summed E-state index contributed by atoms with van der Waals surface area (Å²) in [7, 11) is 1.43. The van der Waals surface area contributed by atoms with Crippen LogP contribution in [0.3, 0.4) is 0 Å². The van der Waals surface area contributed by atoms with Crippen LogP contribution >= 0.6 is 0 Å². The fourth-order valence-corrected chi connectivity index (χ4v) is 5.60. The summed E-state index contributed by atoms with van der Waals surface area (Å²) in [6.45, 7) is 17.2. The quantitative estimate of drug-likeness (QED) is 0.282. The number of allylic oxidation sites excluding steroid dienone is 6. The minimum absolute atomic E-state index is 0.0952. The molecule has 2 rings (SSSR count). The van der Waals surface area contributed by atoms with Gasteiger partial charge in [-0.1, -0.05) is 31.2 Å². The molecule has 0 radical (unpaired) electrons. The fraction of sp³-hybridized carbons (Fsp3) is 0.480. The molecule has 0 aromatic carbocycles. The van der Waals surface area contributed by atoms with Crippen molar-refractivity contribution in [3.8, 4) is 0 Å².